The van der Waals surface area contributed by atoms with Crippen LogP contribution >= 0.6 is 0 Å². The highest BCUT2D eigenvalue weighted by Gasteiger charge is 2.21. The van der Waals surface area contributed by atoms with Gasteiger partial charge in [-0.05, 0) is 24.3 Å². The Morgan fingerprint density at radius 1 is 0.467 bits per heavy atom. The highest BCUT2D eigenvalue weighted by atomic mass is 15.3. The lowest BCUT2D eigenvalue weighted by Gasteiger charge is -2.38. The lowest BCUT2D eigenvalue weighted by atomic mass is 10.2. The van der Waals surface area contributed by atoms with E-state index in [-0.39, 0.29) is 0 Å². The number of benzene rings is 2. The zero-order valence-corrected chi connectivity index (χ0v) is 17.3. The first-order chi connectivity index (χ1) is 14.9. The number of hydrogen-bond acceptors (Lipinski definition) is 6. The molecule has 6 nitrogen and oxygen atoms in total. The van der Waals surface area contributed by atoms with Crippen LogP contribution in [0.15, 0.2) is 73.1 Å². The van der Waals surface area contributed by atoms with Crippen LogP contribution in [0.5, 0.6) is 0 Å². The summed E-state index contributed by atoms with van der Waals surface area (Å²) < 4.78 is 0. The summed E-state index contributed by atoms with van der Waals surface area (Å²) >= 11 is 0. The topological polar surface area (TPSA) is 38.7 Å². The predicted octanol–water partition coefficient (Wildman–Crippen LogP) is 3.13. The summed E-state index contributed by atoms with van der Waals surface area (Å²) in [5.74, 6) is 2.08. The van der Waals surface area contributed by atoms with E-state index in [1.54, 1.807) is 6.33 Å². The van der Waals surface area contributed by atoms with Crippen molar-refractivity contribution in [1.82, 2.24) is 9.97 Å². The van der Waals surface area contributed by atoms with Gasteiger partial charge in [-0.2, -0.15) is 0 Å². The molecule has 1 aromatic heterocycles. The van der Waals surface area contributed by atoms with Crippen LogP contribution in [0, 0.1) is 0 Å². The Bertz CT molecular complexity index is 857. The quantitative estimate of drug-likeness (QED) is 0.670. The van der Waals surface area contributed by atoms with Crippen LogP contribution < -0.4 is 19.6 Å². The van der Waals surface area contributed by atoms with Crippen molar-refractivity contribution in [3.8, 4) is 0 Å². The van der Waals surface area contributed by atoms with Gasteiger partial charge < -0.3 is 19.6 Å². The second-order valence-corrected chi connectivity index (χ2v) is 7.85. The van der Waals surface area contributed by atoms with Crippen LogP contribution in [0.1, 0.15) is 0 Å². The third-order valence-electron chi connectivity index (χ3n) is 6.09. The summed E-state index contributed by atoms with van der Waals surface area (Å²) in [5, 5.41) is 0. The fourth-order valence-electron chi connectivity index (χ4n) is 4.35. The maximum atomic E-state index is 4.58. The molecular formula is C24H28N6. The van der Waals surface area contributed by atoms with Crippen LogP contribution in [0.4, 0.5) is 23.0 Å². The monoisotopic (exact) mass is 400 g/mol. The molecule has 2 aliphatic rings. The molecule has 2 aliphatic heterocycles. The number of aromatic nitrogens is 2. The Kier molecular flexibility index (Phi) is 5.38. The molecule has 2 aromatic carbocycles. The first-order valence-corrected chi connectivity index (χ1v) is 10.8. The lowest BCUT2D eigenvalue weighted by molar-refractivity contribution is 0.638. The number of piperazine rings is 2. The van der Waals surface area contributed by atoms with Crippen LogP contribution in [0.25, 0.3) is 0 Å². The second kappa shape index (κ2) is 8.61. The first-order valence-electron chi connectivity index (χ1n) is 10.8. The van der Waals surface area contributed by atoms with E-state index in [1.807, 2.05) is 0 Å². The molecule has 0 amide bonds. The fourth-order valence-corrected chi connectivity index (χ4v) is 4.35. The third kappa shape index (κ3) is 4.03. The standard InChI is InChI=1S/C24H28N6/c1-3-7-21(8-4-1)27-11-15-29(16-12-27)23-19-24(26-20-25-23)30-17-13-28(14-18-30)22-9-5-2-6-10-22/h1-10,19-20H,11-18H2. The van der Waals surface area contributed by atoms with Crippen molar-refractivity contribution in [3.63, 3.8) is 0 Å². The van der Waals surface area contributed by atoms with Crippen LogP contribution in [0.3, 0.4) is 0 Å². The minimum Gasteiger partial charge on any atom is -0.368 e. The van der Waals surface area contributed by atoms with Gasteiger partial charge in [0.05, 0.1) is 0 Å². The summed E-state index contributed by atoms with van der Waals surface area (Å²) in [5.41, 5.74) is 2.61. The Balaban J connectivity index is 1.20. The molecule has 5 rings (SSSR count). The van der Waals surface area contributed by atoms with Gasteiger partial charge in [-0.15, -0.1) is 0 Å². The summed E-state index contributed by atoms with van der Waals surface area (Å²) in [4.78, 5) is 18.8. The van der Waals surface area contributed by atoms with Gasteiger partial charge in [-0.1, -0.05) is 36.4 Å². The minimum absolute atomic E-state index is 0.979. The lowest BCUT2D eigenvalue weighted by Crippen LogP contribution is -2.48. The van der Waals surface area contributed by atoms with Gasteiger partial charge in [-0.3, -0.25) is 0 Å². The number of hydrogen-bond donors (Lipinski definition) is 0. The molecule has 0 aliphatic carbocycles. The van der Waals surface area contributed by atoms with E-state index in [1.165, 1.54) is 11.4 Å². The van der Waals surface area contributed by atoms with Crippen LogP contribution in [-0.2, 0) is 0 Å². The average molecular weight is 401 g/mol. The molecule has 3 heterocycles. The SMILES string of the molecule is c1ccc(N2CCN(c3cc(N4CCN(c5ccccc5)CC4)ncn3)CC2)cc1. The maximum absolute atomic E-state index is 4.58. The van der Waals surface area contributed by atoms with E-state index in [4.69, 9.17) is 0 Å². The van der Waals surface area contributed by atoms with Crippen LogP contribution in [-0.4, -0.2) is 62.3 Å². The molecule has 0 radical (unpaired) electrons. The summed E-state index contributed by atoms with van der Waals surface area (Å²) in [6.45, 7) is 7.97. The summed E-state index contributed by atoms with van der Waals surface area (Å²) in [6.07, 6.45) is 1.72. The predicted molar refractivity (Wildman–Crippen MR) is 124 cm³/mol. The number of nitrogens with zero attached hydrogens (tertiary/aromatic N) is 6. The molecular weight excluding hydrogens is 372 g/mol. The second-order valence-electron chi connectivity index (χ2n) is 7.85. The van der Waals surface area contributed by atoms with E-state index in [0.29, 0.717) is 0 Å². The highest BCUT2D eigenvalue weighted by Crippen LogP contribution is 2.23. The van der Waals surface area contributed by atoms with Crippen LogP contribution in [0.2, 0.25) is 0 Å². The van der Waals surface area contributed by atoms with E-state index >= 15 is 0 Å². The van der Waals surface area contributed by atoms with Gasteiger partial charge in [0, 0.05) is 69.8 Å². The molecule has 2 fully saturated rings. The van der Waals surface area contributed by atoms with Gasteiger partial charge in [-0.25, -0.2) is 9.97 Å². The smallest absolute Gasteiger partial charge is 0.134 e. The Morgan fingerprint density at radius 2 is 0.833 bits per heavy atom. The molecule has 0 N–H and O–H groups in total. The normalized spacial score (nSPS) is 17.3. The molecule has 0 saturated carbocycles. The molecule has 6 heteroatoms. The molecule has 0 unspecified atom stereocenters. The van der Waals surface area contributed by atoms with E-state index in [9.17, 15) is 0 Å². The van der Waals surface area contributed by atoms with Gasteiger partial charge >= 0.3 is 0 Å². The molecule has 0 bridgehead atoms. The Hall–Kier alpha value is -3.28. The Morgan fingerprint density at radius 3 is 1.23 bits per heavy atom. The molecule has 0 atom stereocenters. The van der Waals surface area contributed by atoms with E-state index < -0.39 is 0 Å². The zero-order chi connectivity index (χ0) is 20.2. The van der Waals surface area contributed by atoms with Gasteiger partial charge in [0.1, 0.15) is 18.0 Å². The zero-order valence-electron chi connectivity index (χ0n) is 17.3. The minimum atomic E-state index is 0.979. The summed E-state index contributed by atoms with van der Waals surface area (Å²) in [6, 6.07) is 23.5. The van der Waals surface area contributed by atoms with Gasteiger partial charge in [0.25, 0.3) is 0 Å². The molecule has 154 valence electrons. The fraction of sp³-hybridized carbons (Fsp3) is 0.333. The molecule has 3 aromatic rings. The average Bonchev–Trinajstić information content (AvgIpc) is 2.85. The van der Waals surface area contributed by atoms with Crippen molar-refractivity contribution >= 4 is 23.0 Å². The molecule has 30 heavy (non-hydrogen) atoms. The van der Waals surface area contributed by atoms with Crippen molar-refractivity contribution in [3.05, 3.63) is 73.1 Å². The highest BCUT2D eigenvalue weighted by molar-refractivity contribution is 5.54. The van der Waals surface area contributed by atoms with Gasteiger partial charge in [0.15, 0.2) is 0 Å². The van der Waals surface area contributed by atoms with Crippen molar-refractivity contribution in [2.75, 3.05) is 72.0 Å². The first kappa shape index (κ1) is 18.7. The summed E-state index contributed by atoms with van der Waals surface area (Å²) in [7, 11) is 0. The van der Waals surface area contributed by atoms with Crippen molar-refractivity contribution in [1.29, 1.82) is 0 Å². The molecule has 2 saturated heterocycles. The van der Waals surface area contributed by atoms with Crippen molar-refractivity contribution in [2.24, 2.45) is 0 Å². The maximum Gasteiger partial charge on any atom is 0.134 e. The number of para-hydroxylation sites is 2. The Labute approximate surface area is 178 Å². The van der Waals surface area contributed by atoms with E-state index in [2.05, 4.69) is 96.3 Å². The van der Waals surface area contributed by atoms with Gasteiger partial charge in [0.2, 0.25) is 0 Å². The van der Waals surface area contributed by atoms with Crippen molar-refractivity contribution in [2.45, 2.75) is 0 Å². The van der Waals surface area contributed by atoms with Crippen molar-refractivity contribution < 1.29 is 0 Å². The number of rotatable bonds is 4. The largest absolute Gasteiger partial charge is 0.368 e. The number of anilines is 4. The third-order valence-corrected chi connectivity index (χ3v) is 6.09. The molecule has 0 spiro atoms. The van der Waals surface area contributed by atoms with E-state index in [0.717, 1.165) is 64.0 Å².